The molecule has 172 valence electrons. The Bertz CT molecular complexity index is 1190. The van der Waals surface area contributed by atoms with Gasteiger partial charge in [-0.2, -0.15) is 0 Å². The second-order valence-electron chi connectivity index (χ2n) is 9.81. The fourth-order valence-electron chi connectivity index (χ4n) is 5.72. The van der Waals surface area contributed by atoms with Crippen LogP contribution in [0.3, 0.4) is 0 Å². The van der Waals surface area contributed by atoms with E-state index in [0.717, 1.165) is 56.0 Å². The fourth-order valence-corrected chi connectivity index (χ4v) is 5.72. The zero-order valence-electron chi connectivity index (χ0n) is 19.6. The number of hydrogen-bond donors (Lipinski definition) is 1. The number of nitrogens with zero attached hydrogens (tertiary/aromatic N) is 3. The third-order valence-corrected chi connectivity index (χ3v) is 7.73. The van der Waals surface area contributed by atoms with Crippen LogP contribution in [0.5, 0.6) is 0 Å². The Hall–Kier alpha value is -2.92. The molecule has 0 amide bonds. The molecule has 1 N–H and O–H groups in total. The SMILES string of the molecule is CN(C)C1(Cc2ccccc2)CCC(c2[nH]c3ccc(F)cc3c2CCn2ccnc2)CC1. The quantitative estimate of drug-likeness (QED) is 0.383. The van der Waals surface area contributed by atoms with Crippen LogP contribution in [0, 0.1) is 5.82 Å². The molecule has 2 aromatic heterocycles. The molecule has 5 heteroatoms. The van der Waals surface area contributed by atoms with E-state index in [9.17, 15) is 4.39 Å². The summed E-state index contributed by atoms with van der Waals surface area (Å²) in [6, 6.07) is 16.0. The van der Waals surface area contributed by atoms with E-state index >= 15 is 0 Å². The first-order chi connectivity index (χ1) is 16.0. The molecule has 1 saturated carbocycles. The molecule has 0 aliphatic heterocycles. The number of hydrogen-bond acceptors (Lipinski definition) is 2. The monoisotopic (exact) mass is 444 g/mol. The molecule has 4 aromatic rings. The third kappa shape index (κ3) is 4.47. The van der Waals surface area contributed by atoms with Gasteiger partial charge in [-0.3, -0.25) is 0 Å². The number of halogens is 1. The summed E-state index contributed by atoms with van der Waals surface area (Å²) in [7, 11) is 4.46. The Morgan fingerprint density at radius 1 is 1.12 bits per heavy atom. The predicted molar refractivity (Wildman–Crippen MR) is 132 cm³/mol. The maximum absolute atomic E-state index is 14.1. The van der Waals surface area contributed by atoms with E-state index in [0.29, 0.717) is 5.92 Å². The van der Waals surface area contributed by atoms with Crippen molar-refractivity contribution in [2.45, 2.75) is 56.5 Å². The minimum Gasteiger partial charge on any atom is -0.358 e. The van der Waals surface area contributed by atoms with Crippen molar-refractivity contribution >= 4 is 10.9 Å². The topological polar surface area (TPSA) is 36.9 Å². The number of rotatable bonds is 7. The highest BCUT2D eigenvalue weighted by molar-refractivity contribution is 5.85. The van der Waals surface area contributed by atoms with Crippen LogP contribution in [0.25, 0.3) is 10.9 Å². The van der Waals surface area contributed by atoms with Crippen LogP contribution in [0.4, 0.5) is 4.39 Å². The summed E-state index contributed by atoms with van der Waals surface area (Å²) >= 11 is 0. The highest BCUT2D eigenvalue weighted by Crippen LogP contribution is 2.44. The molecular formula is C28H33FN4. The van der Waals surface area contributed by atoms with Gasteiger partial charge in [0.25, 0.3) is 0 Å². The molecule has 0 unspecified atom stereocenters. The first kappa shape index (κ1) is 21.9. The van der Waals surface area contributed by atoms with Crippen LogP contribution in [0.2, 0.25) is 0 Å². The van der Waals surface area contributed by atoms with Crippen molar-refractivity contribution in [2.75, 3.05) is 14.1 Å². The number of nitrogens with one attached hydrogen (secondary N) is 1. The van der Waals surface area contributed by atoms with E-state index in [1.165, 1.54) is 16.8 Å². The van der Waals surface area contributed by atoms with E-state index in [2.05, 4.69) is 63.9 Å². The van der Waals surface area contributed by atoms with Crippen molar-refractivity contribution in [1.29, 1.82) is 0 Å². The van der Waals surface area contributed by atoms with Gasteiger partial charge >= 0.3 is 0 Å². The first-order valence-corrected chi connectivity index (χ1v) is 12.0. The molecule has 0 atom stereocenters. The molecule has 1 fully saturated rings. The van der Waals surface area contributed by atoms with E-state index in [1.807, 2.05) is 24.8 Å². The summed E-state index contributed by atoms with van der Waals surface area (Å²) in [5.41, 5.74) is 5.21. The van der Waals surface area contributed by atoms with E-state index < -0.39 is 0 Å². The van der Waals surface area contributed by atoms with Gasteiger partial charge in [-0.05, 0) is 87.9 Å². The first-order valence-electron chi connectivity index (χ1n) is 12.0. The molecule has 0 saturated heterocycles. The molecule has 33 heavy (non-hydrogen) atoms. The highest BCUT2D eigenvalue weighted by Gasteiger charge is 2.38. The largest absolute Gasteiger partial charge is 0.358 e. The molecule has 0 bridgehead atoms. The summed E-state index contributed by atoms with van der Waals surface area (Å²) in [5.74, 6) is 0.303. The van der Waals surface area contributed by atoms with E-state index in [1.54, 1.807) is 12.1 Å². The van der Waals surface area contributed by atoms with Crippen LogP contribution in [0.15, 0.2) is 67.3 Å². The number of aryl methyl sites for hydroxylation is 2. The Morgan fingerprint density at radius 2 is 1.91 bits per heavy atom. The standard InChI is InChI=1S/C28H33FN4/c1-32(2)28(19-21-6-4-3-5-7-21)13-10-22(11-14-28)27-24(12-16-33-17-15-30-20-33)25-18-23(29)8-9-26(25)31-27/h3-9,15,17-18,20,22,31H,10-14,16,19H2,1-2H3. The molecule has 5 rings (SSSR count). The lowest BCUT2D eigenvalue weighted by atomic mass is 9.71. The second kappa shape index (κ2) is 9.14. The number of H-pyrrole nitrogens is 1. The number of likely N-dealkylation sites (N-methyl/N-ethyl adjacent to an activating group) is 1. The number of aromatic nitrogens is 3. The Morgan fingerprint density at radius 3 is 2.61 bits per heavy atom. The lowest BCUT2D eigenvalue weighted by Gasteiger charge is -2.45. The minimum absolute atomic E-state index is 0.171. The average molecular weight is 445 g/mol. The van der Waals surface area contributed by atoms with Gasteiger partial charge in [-0.1, -0.05) is 30.3 Å². The van der Waals surface area contributed by atoms with E-state index in [-0.39, 0.29) is 11.4 Å². The predicted octanol–water partition coefficient (Wildman–Crippen LogP) is 5.95. The summed E-state index contributed by atoms with van der Waals surface area (Å²) in [5, 5.41) is 1.03. The zero-order valence-corrected chi connectivity index (χ0v) is 19.6. The van der Waals surface area contributed by atoms with Crippen molar-refractivity contribution < 1.29 is 4.39 Å². The summed E-state index contributed by atoms with van der Waals surface area (Å²) in [4.78, 5) is 10.3. The van der Waals surface area contributed by atoms with Crippen molar-refractivity contribution in [3.8, 4) is 0 Å². The van der Waals surface area contributed by atoms with Crippen LogP contribution in [-0.4, -0.2) is 39.1 Å². The molecule has 4 nitrogen and oxygen atoms in total. The fraction of sp³-hybridized carbons (Fsp3) is 0.393. The van der Waals surface area contributed by atoms with Gasteiger partial charge in [-0.25, -0.2) is 9.37 Å². The molecule has 1 aliphatic carbocycles. The van der Waals surface area contributed by atoms with Gasteiger partial charge in [0.1, 0.15) is 5.82 Å². The number of imidazole rings is 1. The Kier molecular flexibility index (Phi) is 6.07. The summed E-state index contributed by atoms with van der Waals surface area (Å²) < 4.78 is 16.2. The molecule has 2 aromatic carbocycles. The smallest absolute Gasteiger partial charge is 0.123 e. The highest BCUT2D eigenvalue weighted by atomic mass is 19.1. The van der Waals surface area contributed by atoms with Crippen LogP contribution in [0.1, 0.15) is 48.4 Å². The van der Waals surface area contributed by atoms with Gasteiger partial charge < -0.3 is 14.5 Å². The third-order valence-electron chi connectivity index (χ3n) is 7.73. The molecule has 2 heterocycles. The van der Waals surface area contributed by atoms with Gasteiger partial charge in [0, 0.05) is 41.1 Å². The minimum atomic E-state index is -0.171. The molecule has 0 spiro atoms. The molecular weight excluding hydrogens is 411 g/mol. The lowest BCUT2D eigenvalue weighted by molar-refractivity contribution is 0.0920. The lowest BCUT2D eigenvalue weighted by Crippen LogP contribution is -2.48. The van der Waals surface area contributed by atoms with Crippen LogP contribution >= 0.6 is 0 Å². The summed E-state index contributed by atoms with van der Waals surface area (Å²) in [6.07, 6.45) is 12.2. The second-order valence-corrected chi connectivity index (χ2v) is 9.81. The van der Waals surface area contributed by atoms with Crippen molar-refractivity contribution in [1.82, 2.24) is 19.4 Å². The normalized spacial score (nSPS) is 21.2. The maximum atomic E-state index is 14.1. The summed E-state index contributed by atoms with van der Waals surface area (Å²) in [6.45, 7) is 0.846. The molecule has 1 aliphatic rings. The Labute approximate surface area is 195 Å². The van der Waals surface area contributed by atoms with Gasteiger partial charge in [0.05, 0.1) is 6.33 Å². The van der Waals surface area contributed by atoms with Crippen LogP contribution in [-0.2, 0) is 19.4 Å². The number of benzene rings is 2. The number of fused-ring (bicyclic) bond motifs is 1. The van der Waals surface area contributed by atoms with Crippen molar-refractivity contribution in [2.24, 2.45) is 0 Å². The van der Waals surface area contributed by atoms with Gasteiger partial charge in [-0.15, -0.1) is 0 Å². The molecule has 0 radical (unpaired) electrons. The maximum Gasteiger partial charge on any atom is 0.123 e. The number of aromatic amines is 1. The van der Waals surface area contributed by atoms with Gasteiger partial charge in [0.15, 0.2) is 0 Å². The Balaban J connectivity index is 1.40. The average Bonchev–Trinajstić information content (AvgIpc) is 3.46. The van der Waals surface area contributed by atoms with E-state index in [4.69, 9.17) is 0 Å². The van der Waals surface area contributed by atoms with Crippen molar-refractivity contribution in [3.05, 3.63) is 89.9 Å². The van der Waals surface area contributed by atoms with Crippen LogP contribution < -0.4 is 0 Å². The van der Waals surface area contributed by atoms with Gasteiger partial charge in [0.2, 0.25) is 0 Å². The van der Waals surface area contributed by atoms with Crippen molar-refractivity contribution in [3.63, 3.8) is 0 Å². The zero-order chi connectivity index (χ0) is 22.8.